The number of halogens is 5. The molecule has 1 aliphatic rings. The normalized spacial score (nSPS) is 15.8. The number of carboxylic acids is 1. The molecule has 0 amide bonds. The van der Waals surface area contributed by atoms with Crippen molar-refractivity contribution in [1.29, 1.82) is 0 Å². The Morgan fingerprint density at radius 1 is 1.11 bits per heavy atom. The Morgan fingerprint density at radius 3 is 2.56 bits per heavy atom. The molecular formula is C24H18ClF4NO5S. The molecule has 12 heteroatoms. The quantitative estimate of drug-likeness (QED) is 0.386. The molecule has 36 heavy (non-hydrogen) atoms. The van der Waals surface area contributed by atoms with Gasteiger partial charge in [0, 0.05) is 17.0 Å². The Morgan fingerprint density at radius 2 is 1.86 bits per heavy atom. The maximum absolute atomic E-state index is 13.9. The summed E-state index contributed by atoms with van der Waals surface area (Å²) in [5.74, 6) is -1.62. The van der Waals surface area contributed by atoms with Crippen molar-refractivity contribution in [3.63, 3.8) is 0 Å². The second-order valence-corrected chi connectivity index (χ2v) is 10.3. The molecule has 4 rings (SSSR count). The minimum atomic E-state index is -4.76. The Labute approximate surface area is 208 Å². The topological polar surface area (TPSA) is 83.9 Å². The van der Waals surface area contributed by atoms with E-state index < -0.39 is 44.5 Å². The van der Waals surface area contributed by atoms with E-state index in [9.17, 15) is 30.8 Å². The summed E-state index contributed by atoms with van der Waals surface area (Å²) in [4.78, 5) is 10.4. The predicted molar refractivity (Wildman–Crippen MR) is 124 cm³/mol. The Balaban J connectivity index is 1.83. The van der Waals surface area contributed by atoms with Crippen molar-refractivity contribution in [3.05, 3.63) is 77.1 Å². The Bertz CT molecular complexity index is 1430. The molecule has 0 aliphatic carbocycles. The molecule has 0 saturated carbocycles. The lowest BCUT2D eigenvalue weighted by Crippen LogP contribution is -2.43. The van der Waals surface area contributed by atoms with Gasteiger partial charge in [-0.05, 0) is 60.5 Å². The Kier molecular flexibility index (Phi) is 6.89. The van der Waals surface area contributed by atoms with Crippen molar-refractivity contribution in [3.8, 4) is 16.9 Å². The van der Waals surface area contributed by atoms with Crippen molar-refractivity contribution in [2.75, 3.05) is 10.8 Å². The van der Waals surface area contributed by atoms with Crippen molar-refractivity contribution in [2.45, 2.75) is 30.0 Å². The van der Waals surface area contributed by atoms with E-state index in [1.54, 1.807) is 0 Å². The first-order valence-corrected chi connectivity index (χ1v) is 12.4. The summed E-state index contributed by atoms with van der Waals surface area (Å²) in [5.41, 5.74) is -0.532. The summed E-state index contributed by atoms with van der Waals surface area (Å²) < 4.78 is 87.5. The summed E-state index contributed by atoms with van der Waals surface area (Å²) in [6.07, 6.45) is -5.99. The molecule has 190 valence electrons. The van der Waals surface area contributed by atoms with Crippen molar-refractivity contribution < 1.29 is 40.6 Å². The molecule has 0 fully saturated rings. The standard InChI is InChI=1S/C24H18ClF4NO5S/c25-20-7-5-16(26)12-19(20)14-4-8-22-21(10-14)30(13-17(35-22)6-9-23(31)32)36(33,34)18-3-1-2-15(11-18)24(27,28)29/h1-5,7-8,10-12,17H,6,9,13H2,(H,31,32)/t17-/m0/s1. The maximum atomic E-state index is 13.9. The fraction of sp³-hybridized carbons (Fsp3) is 0.208. The van der Waals surface area contributed by atoms with Gasteiger partial charge in [-0.1, -0.05) is 23.7 Å². The van der Waals surface area contributed by atoms with E-state index in [-0.39, 0.29) is 41.4 Å². The number of aliphatic carboxylic acids is 1. The summed E-state index contributed by atoms with van der Waals surface area (Å²) in [7, 11) is -4.55. The molecular weight excluding hydrogens is 526 g/mol. The third kappa shape index (κ3) is 5.26. The number of rotatable bonds is 6. The molecule has 3 aromatic carbocycles. The van der Waals surface area contributed by atoms with Crippen LogP contribution in [0.25, 0.3) is 11.1 Å². The number of ether oxygens (including phenoxy) is 1. The average molecular weight is 544 g/mol. The van der Waals surface area contributed by atoms with Crippen LogP contribution < -0.4 is 9.04 Å². The molecule has 1 N–H and O–H groups in total. The molecule has 3 aromatic rings. The molecule has 0 bridgehead atoms. The second-order valence-electron chi connectivity index (χ2n) is 8.04. The van der Waals surface area contributed by atoms with Crippen molar-refractivity contribution in [1.82, 2.24) is 0 Å². The number of carbonyl (C=O) groups is 1. The highest BCUT2D eigenvalue weighted by Crippen LogP contribution is 2.42. The minimum absolute atomic E-state index is 0.00295. The highest BCUT2D eigenvalue weighted by atomic mass is 35.5. The SMILES string of the molecule is O=C(O)CC[C@H]1CN(S(=O)(=O)c2cccc(C(F)(F)F)c2)c2cc(-c3cc(F)ccc3Cl)ccc2O1. The van der Waals surface area contributed by atoms with Gasteiger partial charge in [-0.3, -0.25) is 9.10 Å². The molecule has 0 unspecified atom stereocenters. The third-order valence-electron chi connectivity index (χ3n) is 5.56. The van der Waals surface area contributed by atoms with E-state index >= 15 is 0 Å². The molecule has 0 aromatic heterocycles. The van der Waals surface area contributed by atoms with E-state index in [2.05, 4.69) is 0 Å². The number of fused-ring (bicyclic) bond motifs is 1. The average Bonchev–Trinajstić information content (AvgIpc) is 2.83. The summed E-state index contributed by atoms with van der Waals surface area (Å²) >= 11 is 6.20. The van der Waals surface area contributed by atoms with Gasteiger partial charge in [0.15, 0.2) is 0 Å². The molecule has 0 radical (unpaired) electrons. The maximum Gasteiger partial charge on any atom is 0.416 e. The van der Waals surface area contributed by atoms with E-state index in [4.69, 9.17) is 21.4 Å². The lowest BCUT2D eigenvalue weighted by atomic mass is 10.0. The van der Waals surface area contributed by atoms with Crippen LogP contribution in [0.2, 0.25) is 5.02 Å². The smallest absolute Gasteiger partial charge is 0.416 e. The van der Waals surface area contributed by atoms with Gasteiger partial charge in [-0.2, -0.15) is 13.2 Å². The number of alkyl halides is 3. The monoisotopic (exact) mass is 543 g/mol. The number of hydrogen-bond acceptors (Lipinski definition) is 4. The lowest BCUT2D eigenvalue weighted by Gasteiger charge is -2.36. The summed E-state index contributed by atoms with van der Waals surface area (Å²) in [6.45, 7) is -0.348. The summed E-state index contributed by atoms with van der Waals surface area (Å²) in [6, 6.07) is 11.3. The van der Waals surface area contributed by atoms with Gasteiger partial charge in [-0.25, -0.2) is 12.8 Å². The van der Waals surface area contributed by atoms with Gasteiger partial charge >= 0.3 is 12.1 Å². The zero-order valence-electron chi connectivity index (χ0n) is 18.3. The van der Waals surface area contributed by atoms with Gasteiger partial charge in [0.1, 0.15) is 17.7 Å². The predicted octanol–water partition coefficient (Wildman–Crippen LogP) is 5.99. The van der Waals surface area contributed by atoms with Gasteiger partial charge in [0.25, 0.3) is 10.0 Å². The number of nitrogens with zero attached hydrogens (tertiary/aromatic N) is 1. The minimum Gasteiger partial charge on any atom is -0.486 e. The van der Waals surface area contributed by atoms with Crippen molar-refractivity contribution in [2.24, 2.45) is 0 Å². The number of benzene rings is 3. The molecule has 0 spiro atoms. The lowest BCUT2D eigenvalue weighted by molar-refractivity contribution is -0.138. The molecule has 0 saturated heterocycles. The van der Waals surface area contributed by atoms with Crippen LogP contribution in [-0.4, -0.2) is 32.1 Å². The largest absolute Gasteiger partial charge is 0.486 e. The third-order valence-corrected chi connectivity index (χ3v) is 7.66. The molecule has 1 heterocycles. The van der Waals surface area contributed by atoms with Gasteiger partial charge < -0.3 is 9.84 Å². The number of sulfonamides is 1. The van der Waals surface area contributed by atoms with E-state index in [1.807, 2.05) is 0 Å². The van der Waals surface area contributed by atoms with Crippen LogP contribution >= 0.6 is 11.6 Å². The van der Waals surface area contributed by atoms with Gasteiger partial charge in [0.05, 0.1) is 22.7 Å². The van der Waals surface area contributed by atoms with Crippen LogP contribution in [0.4, 0.5) is 23.2 Å². The van der Waals surface area contributed by atoms with Gasteiger partial charge in [0.2, 0.25) is 0 Å². The number of anilines is 1. The van der Waals surface area contributed by atoms with E-state index in [1.165, 1.54) is 24.3 Å². The van der Waals surface area contributed by atoms with E-state index in [0.717, 1.165) is 34.6 Å². The molecule has 1 aliphatic heterocycles. The van der Waals surface area contributed by atoms with Crippen molar-refractivity contribution >= 4 is 33.3 Å². The first kappa shape index (κ1) is 25.8. The zero-order valence-corrected chi connectivity index (χ0v) is 19.9. The van der Waals surface area contributed by atoms with Crippen LogP contribution in [0.3, 0.4) is 0 Å². The first-order chi connectivity index (χ1) is 16.9. The van der Waals surface area contributed by atoms with Crippen LogP contribution in [0, 0.1) is 5.82 Å². The van der Waals surface area contributed by atoms with Gasteiger partial charge in [-0.15, -0.1) is 0 Å². The van der Waals surface area contributed by atoms with Crippen LogP contribution in [0.15, 0.2) is 65.6 Å². The fourth-order valence-electron chi connectivity index (χ4n) is 3.82. The Hall–Kier alpha value is -3.31. The zero-order chi connectivity index (χ0) is 26.3. The van der Waals surface area contributed by atoms with Crippen LogP contribution in [-0.2, 0) is 21.0 Å². The first-order valence-electron chi connectivity index (χ1n) is 10.5. The highest BCUT2D eigenvalue weighted by molar-refractivity contribution is 7.92. The van der Waals surface area contributed by atoms with Crippen LogP contribution in [0.5, 0.6) is 5.75 Å². The highest BCUT2D eigenvalue weighted by Gasteiger charge is 2.37. The summed E-state index contributed by atoms with van der Waals surface area (Å²) in [5, 5.41) is 9.22. The van der Waals surface area contributed by atoms with Crippen LogP contribution in [0.1, 0.15) is 18.4 Å². The molecule has 6 nitrogen and oxygen atoms in total. The molecule has 1 atom stereocenters. The fourth-order valence-corrected chi connectivity index (χ4v) is 5.59. The number of hydrogen-bond donors (Lipinski definition) is 1. The number of carboxylic acid groups (broad SMARTS) is 1. The van der Waals surface area contributed by atoms with E-state index in [0.29, 0.717) is 11.6 Å². The second kappa shape index (κ2) is 9.62.